The van der Waals surface area contributed by atoms with Gasteiger partial charge in [0, 0.05) is 21.5 Å². The summed E-state index contributed by atoms with van der Waals surface area (Å²) >= 11 is 0. The third-order valence-corrected chi connectivity index (χ3v) is 6.42. The standard InChI is InChI=1S/C29H20O3/c1-3-30-21-7-6-18-11-23-25-15-28-24(14-29(25)32-27(23)13-20(18)9-21)22-10-17-5-4-16(2)8-19(17)12-26(22)31-28/h4-15H,3H2,1-2H3. The number of hydrogen-bond donors (Lipinski definition) is 0. The van der Waals surface area contributed by atoms with Gasteiger partial charge in [-0.2, -0.15) is 0 Å². The van der Waals surface area contributed by atoms with Gasteiger partial charge >= 0.3 is 0 Å². The smallest absolute Gasteiger partial charge is 0.136 e. The predicted octanol–water partition coefficient (Wildman–Crippen LogP) is 8.50. The van der Waals surface area contributed by atoms with E-state index in [0.29, 0.717) is 6.61 Å². The molecule has 3 nitrogen and oxygen atoms in total. The Labute approximate surface area is 183 Å². The van der Waals surface area contributed by atoms with Crippen LogP contribution in [0.25, 0.3) is 65.4 Å². The fourth-order valence-electron chi connectivity index (χ4n) is 4.88. The lowest BCUT2D eigenvalue weighted by molar-refractivity contribution is 0.341. The lowest BCUT2D eigenvalue weighted by Crippen LogP contribution is -1.90. The van der Waals surface area contributed by atoms with Crippen LogP contribution in [0.4, 0.5) is 0 Å². The van der Waals surface area contributed by atoms with Gasteiger partial charge in [-0.1, -0.05) is 29.8 Å². The van der Waals surface area contributed by atoms with Gasteiger partial charge in [-0.15, -0.1) is 0 Å². The highest BCUT2D eigenvalue weighted by atomic mass is 16.5. The van der Waals surface area contributed by atoms with Crippen LogP contribution < -0.4 is 4.74 Å². The number of hydrogen-bond acceptors (Lipinski definition) is 3. The van der Waals surface area contributed by atoms with Gasteiger partial charge in [0.05, 0.1) is 6.61 Å². The molecule has 0 saturated carbocycles. The molecule has 32 heavy (non-hydrogen) atoms. The minimum absolute atomic E-state index is 0.653. The zero-order chi connectivity index (χ0) is 21.4. The molecule has 0 radical (unpaired) electrons. The highest BCUT2D eigenvalue weighted by molar-refractivity contribution is 6.18. The maximum atomic E-state index is 6.31. The number of ether oxygens (including phenoxy) is 1. The van der Waals surface area contributed by atoms with Crippen molar-refractivity contribution in [2.45, 2.75) is 13.8 Å². The first-order valence-corrected chi connectivity index (χ1v) is 11.0. The molecule has 0 unspecified atom stereocenters. The molecule has 5 aromatic carbocycles. The van der Waals surface area contributed by atoms with E-state index in [2.05, 4.69) is 73.7 Å². The maximum absolute atomic E-state index is 6.31. The van der Waals surface area contributed by atoms with Gasteiger partial charge in [-0.3, -0.25) is 0 Å². The molecule has 0 amide bonds. The molecular weight excluding hydrogens is 396 g/mol. The van der Waals surface area contributed by atoms with E-state index < -0.39 is 0 Å². The Bertz CT molecular complexity index is 1850. The van der Waals surface area contributed by atoms with Crippen molar-refractivity contribution in [1.82, 2.24) is 0 Å². The Kier molecular flexibility index (Phi) is 3.46. The molecule has 154 valence electrons. The first kappa shape index (κ1) is 17.7. The number of furan rings is 2. The highest BCUT2D eigenvalue weighted by Crippen LogP contribution is 2.39. The summed E-state index contributed by atoms with van der Waals surface area (Å²) in [7, 11) is 0. The third kappa shape index (κ3) is 2.48. The SMILES string of the molecule is CCOc1ccc2cc3c(cc2c1)oc1cc2c(cc13)oc1cc3cc(C)ccc3cc12. The van der Waals surface area contributed by atoms with E-state index in [4.69, 9.17) is 13.6 Å². The largest absolute Gasteiger partial charge is 0.494 e. The van der Waals surface area contributed by atoms with Crippen LogP contribution in [0.15, 0.2) is 81.6 Å². The van der Waals surface area contributed by atoms with Crippen LogP contribution >= 0.6 is 0 Å². The van der Waals surface area contributed by atoms with Crippen molar-refractivity contribution >= 4 is 65.4 Å². The molecule has 0 spiro atoms. The lowest BCUT2D eigenvalue weighted by Gasteiger charge is -2.04. The Morgan fingerprint density at radius 2 is 1.09 bits per heavy atom. The van der Waals surface area contributed by atoms with E-state index in [1.807, 2.05) is 13.0 Å². The molecule has 2 heterocycles. The number of benzene rings is 5. The predicted molar refractivity (Wildman–Crippen MR) is 132 cm³/mol. The van der Waals surface area contributed by atoms with Gasteiger partial charge < -0.3 is 13.6 Å². The molecule has 0 aliphatic rings. The zero-order valence-corrected chi connectivity index (χ0v) is 17.9. The van der Waals surface area contributed by atoms with E-state index in [-0.39, 0.29) is 0 Å². The Balaban J connectivity index is 1.51. The highest BCUT2D eigenvalue weighted by Gasteiger charge is 2.15. The molecule has 0 saturated heterocycles. The van der Waals surface area contributed by atoms with Crippen molar-refractivity contribution in [3.8, 4) is 5.75 Å². The van der Waals surface area contributed by atoms with Gasteiger partial charge in [0.25, 0.3) is 0 Å². The molecule has 0 aliphatic heterocycles. The number of aryl methyl sites for hydroxylation is 1. The van der Waals surface area contributed by atoms with Crippen molar-refractivity contribution in [2.24, 2.45) is 0 Å². The second kappa shape index (κ2) is 6.27. The molecule has 2 aromatic heterocycles. The molecule has 0 bridgehead atoms. The van der Waals surface area contributed by atoms with E-state index in [1.54, 1.807) is 0 Å². The van der Waals surface area contributed by atoms with E-state index in [0.717, 1.165) is 60.4 Å². The molecule has 0 N–H and O–H groups in total. The van der Waals surface area contributed by atoms with Crippen molar-refractivity contribution in [3.05, 3.63) is 78.4 Å². The van der Waals surface area contributed by atoms with Gasteiger partial charge in [0.15, 0.2) is 0 Å². The molecule has 0 atom stereocenters. The molecule has 7 rings (SSSR count). The van der Waals surface area contributed by atoms with Crippen LogP contribution in [0.5, 0.6) is 5.75 Å². The Hall–Kier alpha value is -3.98. The number of fused-ring (bicyclic) bond motifs is 8. The summed E-state index contributed by atoms with van der Waals surface area (Å²) in [5, 5.41) is 9.05. The van der Waals surface area contributed by atoms with Crippen LogP contribution in [0.3, 0.4) is 0 Å². The van der Waals surface area contributed by atoms with Gasteiger partial charge in [-0.05, 0) is 83.9 Å². The molecule has 0 fully saturated rings. The van der Waals surface area contributed by atoms with Crippen molar-refractivity contribution in [1.29, 1.82) is 0 Å². The lowest BCUT2D eigenvalue weighted by atomic mass is 10.0. The zero-order valence-electron chi connectivity index (χ0n) is 17.9. The topological polar surface area (TPSA) is 35.5 Å². The monoisotopic (exact) mass is 416 g/mol. The van der Waals surface area contributed by atoms with Gasteiger partial charge in [0.2, 0.25) is 0 Å². The first-order valence-electron chi connectivity index (χ1n) is 11.0. The fraction of sp³-hybridized carbons (Fsp3) is 0.103. The van der Waals surface area contributed by atoms with Crippen molar-refractivity contribution in [3.63, 3.8) is 0 Å². The second-order valence-corrected chi connectivity index (χ2v) is 8.54. The minimum Gasteiger partial charge on any atom is -0.494 e. The fourth-order valence-corrected chi connectivity index (χ4v) is 4.88. The molecule has 3 heteroatoms. The normalized spacial score (nSPS) is 12.2. The molecule has 0 aliphatic carbocycles. The first-order chi connectivity index (χ1) is 15.7. The van der Waals surface area contributed by atoms with Gasteiger partial charge in [-0.25, -0.2) is 0 Å². The quantitative estimate of drug-likeness (QED) is 0.283. The number of rotatable bonds is 2. The summed E-state index contributed by atoms with van der Waals surface area (Å²) in [6, 6.07) is 25.6. The summed E-state index contributed by atoms with van der Waals surface area (Å²) in [6.45, 7) is 4.76. The molecule has 7 aromatic rings. The van der Waals surface area contributed by atoms with Crippen LogP contribution in [-0.4, -0.2) is 6.61 Å². The minimum atomic E-state index is 0.653. The summed E-state index contributed by atoms with van der Waals surface area (Å²) in [5.41, 5.74) is 4.79. The average molecular weight is 416 g/mol. The molecular formula is C29H20O3. The van der Waals surface area contributed by atoms with Gasteiger partial charge in [0.1, 0.15) is 28.1 Å². The van der Waals surface area contributed by atoms with E-state index in [9.17, 15) is 0 Å². The summed E-state index contributed by atoms with van der Waals surface area (Å²) in [6.07, 6.45) is 0. The Morgan fingerprint density at radius 3 is 1.72 bits per heavy atom. The van der Waals surface area contributed by atoms with Crippen LogP contribution in [-0.2, 0) is 0 Å². The average Bonchev–Trinajstić information content (AvgIpc) is 3.30. The third-order valence-electron chi connectivity index (χ3n) is 6.42. The van der Waals surface area contributed by atoms with Crippen LogP contribution in [0.2, 0.25) is 0 Å². The summed E-state index contributed by atoms with van der Waals surface area (Å²) in [5.74, 6) is 0.877. The summed E-state index contributed by atoms with van der Waals surface area (Å²) < 4.78 is 18.3. The van der Waals surface area contributed by atoms with Crippen molar-refractivity contribution < 1.29 is 13.6 Å². The summed E-state index contributed by atoms with van der Waals surface area (Å²) in [4.78, 5) is 0. The van der Waals surface area contributed by atoms with Crippen molar-refractivity contribution in [2.75, 3.05) is 6.61 Å². The van der Waals surface area contributed by atoms with E-state index in [1.165, 1.54) is 16.3 Å². The maximum Gasteiger partial charge on any atom is 0.136 e. The van der Waals surface area contributed by atoms with Crippen LogP contribution in [0, 0.1) is 6.92 Å². The second-order valence-electron chi connectivity index (χ2n) is 8.54. The van der Waals surface area contributed by atoms with Crippen LogP contribution in [0.1, 0.15) is 12.5 Å². The van der Waals surface area contributed by atoms with E-state index >= 15 is 0 Å². The Morgan fingerprint density at radius 1 is 0.562 bits per heavy atom.